The van der Waals surface area contributed by atoms with E-state index in [0.29, 0.717) is 6.54 Å². The van der Waals surface area contributed by atoms with Crippen molar-refractivity contribution in [2.75, 3.05) is 13.6 Å². The van der Waals surface area contributed by atoms with E-state index in [9.17, 15) is 9.59 Å². The van der Waals surface area contributed by atoms with Gasteiger partial charge < -0.3 is 15.3 Å². The lowest BCUT2D eigenvalue weighted by Gasteiger charge is -2.28. The van der Waals surface area contributed by atoms with E-state index in [1.165, 1.54) is 0 Å². The molecule has 0 bridgehead atoms. The fourth-order valence-corrected chi connectivity index (χ4v) is 1.75. The topological polar surface area (TPSA) is 82.5 Å². The minimum Gasteiger partial charge on any atom is -0.481 e. The molecule has 0 aromatic carbocycles. The first-order chi connectivity index (χ1) is 9.30. The van der Waals surface area contributed by atoms with Gasteiger partial charge in [-0.25, -0.2) is 4.79 Å². The minimum atomic E-state index is -0.935. The summed E-state index contributed by atoms with van der Waals surface area (Å²) in [6.07, 6.45) is 4.04. The molecule has 1 rings (SSSR count). The molecule has 0 radical (unpaired) electrons. The molecule has 0 aliphatic rings. The highest BCUT2D eigenvalue weighted by molar-refractivity contribution is 5.76. The Morgan fingerprint density at radius 3 is 2.50 bits per heavy atom. The number of nitrogens with one attached hydrogen (secondary N) is 1. The van der Waals surface area contributed by atoms with Crippen molar-refractivity contribution in [3.8, 4) is 0 Å². The average molecular weight is 279 g/mol. The van der Waals surface area contributed by atoms with Gasteiger partial charge >= 0.3 is 12.0 Å². The molecule has 0 unspecified atom stereocenters. The summed E-state index contributed by atoms with van der Waals surface area (Å²) in [6.45, 7) is 3.93. The second-order valence-electron chi connectivity index (χ2n) is 5.41. The van der Waals surface area contributed by atoms with Gasteiger partial charge in [-0.2, -0.15) is 0 Å². The number of rotatable bonds is 6. The van der Waals surface area contributed by atoms with Gasteiger partial charge in [-0.1, -0.05) is 0 Å². The lowest BCUT2D eigenvalue weighted by atomic mass is 10.0. The van der Waals surface area contributed by atoms with Crippen LogP contribution in [-0.4, -0.2) is 46.1 Å². The van der Waals surface area contributed by atoms with Gasteiger partial charge in [-0.3, -0.25) is 9.78 Å². The van der Waals surface area contributed by atoms with Crippen molar-refractivity contribution in [3.05, 3.63) is 30.1 Å². The van der Waals surface area contributed by atoms with Crippen LogP contribution in [0.2, 0.25) is 0 Å². The maximum atomic E-state index is 12.0. The summed E-state index contributed by atoms with van der Waals surface area (Å²) >= 11 is 0. The fourth-order valence-electron chi connectivity index (χ4n) is 1.75. The summed E-state index contributed by atoms with van der Waals surface area (Å²) in [5.74, 6) is -0.935. The Kier molecular flexibility index (Phi) is 5.49. The minimum absolute atomic E-state index is 0.114. The number of aliphatic carboxylic acids is 1. The molecule has 20 heavy (non-hydrogen) atoms. The fraction of sp³-hybridized carbons (Fsp3) is 0.500. The number of amides is 2. The summed E-state index contributed by atoms with van der Waals surface area (Å²) < 4.78 is 0. The molecule has 6 heteroatoms. The smallest absolute Gasteiger partial charge is 0.317 e. The number of carboxylic acid groups (broad SMARTS) is 1. The third-order valence-corrected chi connectivity index (χ3v) is 2.87. The molecule has 1 heterocycles. The molecule has 0 spiro atoms. The highest BCUT2D eigenvalue weighted by Crippen LogP contribution is 2.09. The number of carbonyl (C=O) groups excluding carboxylic acids is 1. The predicted molar refractivity (Wildman–Crippen MR) is 75.4 cm³/mol. The molecular weight excluding hydrogens is 258 g/mol. The number of likely N-dealkylation sites (N-methyl/N-ethyl adjacent to an activating group) is 1. The van der Waals surface area contributed by atoms with E-state index in [1.54, 1.807) is 38.2 Å². The first-order valence-electron chi connectivity index (χ1n) is 6.44. The molecule has 6 nitrogen and oxygen atoms in total. The normalized spacial score (nSPS) is 10.9. The van der Waals surface area contributed by atoms with E-state index in [-0.39, 0.29) is 12.5 Å². The number of aromatic nitrogens is 1. The van der Waals surface area contributed by atoms with Crippen LogP contribution < -0.4 is 5.32 Å². The molecule has 1 aromatic rings. The largest absolute Gasteiger partial charge is 0.481 e. The maximum absolute atomic E-state index is 12.0. The lowest BCUT2D eigenvalue weighted by molar-refractivity contribution is -0.138. The van der Waals surface area contributed by atoms with Crippen LogP contribution in [0.1, 0.15) is 25.8 Å². The number of urea groups is 1. The van der Waals surface area contributed by atoms with Crippen LogP contribution in [0, 0.1) is 0 Å². The van der Waals surface area contributed by atoms with Crippen LogP contribution >= 0.6 is 0 Å². The van der Waals surface area contributed by atoms with Gasteiger partial charge in [0.25, 0.3) is 0 Å². The predicted octanol–water partition coefficient (Wildman–Crippen LogP) is 1.52. The Balaban J connectivity index is 2.45. The monoisotopic (exact) mass is 279 g/mol. The van der Waals surface area contributed by atoms with Crippen molar-refractivity contribution in [1.29, 1.82) is 0 Å². The highest BCUT2D eigenvalue weighted by Gasteiger charge is 2.25. The zero-order valence-electron chi connectivity index (χ0n) is 12.1. The molecule has 1 aromatic heterocycles. The number of carboxylic acids is 1. The van der Waals surface area contributed by atoms with Crippen LogP contribution in [0.5, 0.6) is 0 Å². The second kappa shape index (κ2) is 6.88. The molecule has 0 saturated heterocycles. The lowest BCUT2D eigenvalue weighted by Crippen LogP contribution is -2.50. The third kappa shape index (κ3) is 5.69. The molecule has 110 valence electrons. The molecule has 0 atom stereocenters. The van der Waals surface area contributed by atoms with Crippen molar-refractivity contribution >= 4 is 12.0 Å². The van der Waals surface area contributed by atoms with E-state index < -0.39 is 11.5 Å². The number of hydrogen-bond donors (Lipinski definition) is 2. The van der Waals surface area contributed by atoms with Crippen molar-refractivity contribution in [2.24, 2.45) is 0 Å². The maximum Gasteiger partial charge on any atom is 0.317 e. The molecule has 2 N–H and O–H groups in total. The number of hydrogen-bond acceptors (Lipinski definition) is 3. The SMILES string of the molecule is CN(CCc1ccncc1)C(=O)NC(C)(C)CC(=O)O. The Bertz CT molecular complexity index is 460. The van der Waals surface area contributed by atoms with Crippen LogP contribution in [-0.2, 0) is 11.2 Å². The van der Waals surface area contributed by atoms with E-state index in [0.717, 1.165) is 12.0 Å². The van der Waals surface area contributed by atoms with Crippen LogP contribution in [0.4, 0.5) is 4.79 Å². The summed E-state index contributed by atoms with van der Waals surface area (Å²) in [4.78, 5) is 28.2. The highest BCUT2D eigenvalue weighted by atomic mass is 16.4. The Morgan fingerprint density at radius 2 is 1.95 bits per heavy atom. The van der Waals surface area contributed by atoms with E-state index in [4.69, 9.17) is 5.11 Å². The Labute approximate surface area is 118 Å². The van der Waals surface area contributed by atoms with E-state index in [1.807, 2.05) is 12.1 Å². The zero-order chi connectivity index (χ0) is 15.2. The summed E-state index contributed by atoms with van der Waals surface area (Å²) in [6, 6.07) is 3.53. The summed E-state index contributed by atoms with van der Waals surface area (Å²) in [5, 5.41) is 11.5. The van der Waals surface area contributed by atoms with Crippen LogP contribution in [0.15, 0.2) is 24.5 Å². The number of nitrogens with zero attached hydrogens (tertiary/aromatic N) is 2. The van der Waals surface area contributed by atoms with Gasteiger partial charge in [-0.05, 0) is 38.0 Å². The van der Waals surface area contributed by atoms with Gasteiger partial charge in [0.1, 0.15) is 0 Å². The van der Waals surface area contributed by atoms with E-state index >= 15 is 0 Å². The average Bonchev–Trinajstić information content (AvgIpc) is 2.34. The quantitative estimate of drug-likeness (QED) is 0.827. The molecule has 0 saturated carbocycles. The zero-order valence-corrected chi connectivity index (χ0v) is 12.1. The van der Waals surface area contributed by atoms with Crippen LogP contribution in [0.25, 0.3) is 0 Å². The van der Waals surface area contributed by atoms with Gasteiger partial charge in [0.05, 0.1) is 6.42 Å². The second-order valence-corrected chi connectivity index (χ2v) is 5.41. The molecular formula is C14H21N3O3. The van der Waals surface area contributed by atoms with E-state index in [2.05, 4.69) is 10.3 Å². The molecule has 0 fully saturated rings. The first kappa shape index (κ1) is 15.9. The van der Waals surface area contributed by atoms with Gasteiger partial charge in [0, 0.05) is 31.5 Å². The van der Waals surface area contributed by atoms with Crippen molar-refractivity contribution in [1.82, 2.24) is 15.2 Å². The van der Waals surface area contributed by atoms with Crippen molar-refractivity contribution in [2.45, 2.75) is 32.2 Å². The first-order valence-corrected chi connectivity index (χ1v) is 6.44. The number of pyridine rings is 1. The molecule has 0 aliphatic carbocycles. The van der Waals surface area contributed by atoms with Gasteiger partial charge in [0.2, 0.25) is 0 Å². The molecule has 2 amide bonds. The molecule has 0 aliphatic heterocycles. The van der Waals surface area contributed by atoms with Crippen molar-refractivity contribution in [3.63, 3.8) is 0 Å². The summed E-state index contributed by atoms with van der Waals surface area (Å²) in [7, 11) is 1.69. The third-order valence-electron chi connectivity index (χ3n) is 2.87. The van der Waals surface area contributed by atoms with Gasteiger partial charge in [-0.15, -0.1) is 0 Å². The Morgan fingerprint density at radius 1 is 1.35 bits per heavy atom. The van der Waals surface area contributed by atoms with Crippen molar-refractivity contribution < 1.29 is 14.7 Å². The van der Waals surface area contributed by atoms with Crippen LogP contribution in [0.3, 0.4) is 0 Å². The van der Waals surface area contributed by atoms with Gasteiger partial charge in [0.15, 0.2) is 0 Å². The summed E-state index contributed by atoms with van der Waals surface area (Å²) in [5.41, 5.74) is 0.331. The standard InChI is InChI=1S/C14H21N3O3/c1-14(2,10-12(18)19)16-13(20)17(3)9-6-11-4-7-15-8-5-11/h4-5,7-8H,6,9-10H2,1-3H3,(H,16,20)(H,18,19). The number of carbonyl (C=O) groups is 2. The Hall–Kier alpha value is -2.11.